The molecule has 26 heavy (non-hydrogen) atoms. The Bertz CT molecular complexity index is 689. The summed E-state index contributed by atoms with van der Waals surface area (Å²) in [6, 6.07) is 3.64. The van der Waals surface area contributed by atoms with Crippen molar-refractivity contribution < 1.29 is 24.3 Å². The van der Waals surface area contributed by atoms with Gasteiger partial charge < -0.3 is 27.2 Å². The van der Waals surface area contributed by atoms with Gasteiger partial charge in [-0.05, 0) is 24.5 Å². The predicted molar refractivity (Wildman–Crippen MR) is 93.8 cm³/mol. The van der Waals surface area contributed by atoms with Crippen molar-refractivity contribution in [3.8, 4) is 5.75 Å². The molecule has 0 aliphatic rings. The van der Waals surface area contributed by atoms with Crippen LogP contribution in [-0.4, -0.2) is 40.8 Å². The molecular weight excluding hydrogens is 340 g/mol. The van der Waals surface area contributed by atoms with Crippen LogP contribution in [0.3, 0.4) is 0 Å². The lowest BCUT2D eigenvalue weighted by Crippen LogP contribution is -2.54. The van der Waals surface area contributed by atoms with Gasteiger partial charge in [-0.1, -0.05) is 26.0 Å². The molecular formula is C17H24N4O5. The van der Waals surface area contributed by atoms with Gasteiger partial charge in [-0.3, -0.25) is 19.2 Å². The standard InChI is InChI=1S/C17H24N4O5/c1-9(2)7-12(17(26)20-11(15(19)24)8-14(18)23)21-16(25)10-5-3-4-6-13(10)22/h3-6,9,11-12,22H,7-8H2,1-2H3,(H2,18,23)(H2,19,24)(H,20,26)(H,21,25)/t11-,12-/m0/s1. The topological polar surface area (TPSA) is 165 Å². The number of hydrogen-bond acceptors (Lipinski definition) is 5. The van der Waals surface area contributed by atoms with E-state index in [0.717, 1.165) is 0 Å². The fourth-order valence-corrected chi connectivity index (χ4v) is 2.30. The smallest absolute Gasteiger partial charge is 0.255 e. The molecule has 0 aromatic heterocycles. The molecule has 0 unspecified atom stereocenters. The Kier molecular flexibility index (Phi) is 7.57. The van der Waals surface area contributed by atoms with Crippen LogP contribution in [0.4, 0.5) is 0 Å². The van der Waals surface area contributed by atoms with Gasteiger partial charge in [0, 0.05) is 0 Å². The molecule has 0 fully saturated rings. The molecule has 9 nitrogen and oxygen atoms in total. The molecule has 0 radical (unpaired) electrons. The first-order valence-electron chi connectivity index (χ1n) is 8.08. The number of phenolic OH excluding ortho intramolecular Hbond substituents is 1. The number of nitrogens with one attached hydrogen (secondary N) is 2. The molecule has 1 aromatic carbocycles. The molecule has 4 amide bonds. The van der Waals surface area contributed by atoms with E-state index < -0.39 is 42.1 Å². The summed E-state index contributed by atoms with van der Waals surface area (Å²) in [5.74, 6) is -3.21. The van der Waals surface area contributed by atoms with Crippen LogP contribution in [0.2, 0.25) is 0 Å². The first-order valence-corrected chi connectivity index (χ1v) is 8.08. The Morgan fingerprint density at radius 2 is 1.65 bits per heavy atom. The summed E-state index contributed by atoms with van der Waals surface area (Å²) in [4.78, 5) is 47.2. The lowest BCUT2D eigenvalue weighted by atomic mass is 10.0. The Hall–Kier alpha value is -3.10. The highest BCUT2D eigenvalue weighted by atomic mass is 16.3. The van der Waals surface area contributed by atoms with Crippen LogP contribution < -0.4 is 22.1 Å². The molecule has 9 heteroatoms. The van der Waals surface area contributed by atoms with Crippen LogP contribution >= 0.6 is 0 Å². The maximum atomic E-state index is 12.5. The summed E-state index contributed by atoms with van der Waals surface area (Å²) in [6.45, 7) is 3.70. The highest BCUT2D eigenvalue weighted by Gasteiger charge is 2.28. The van der Waals surface area contributed by atoms with E-state index in [1.807, 2.05) is 13.8 Å². The van der Waals surface area contributed by atoms with E-state index in [4.69, 9.17) is 11.5 Å². The number of benzene rings is 1. The molecule has 0 aliphatic carbocycles. The van der Waals surface area contributed by atoms with E-state index in [1.54, 1.807) is 12.1 Å². The molecule has 0 saturated carbocycles. The summed E-state index contributed by atoms with van der Waals surface area (Å²) in [6.07, 6.45) is -0.171. The highest BCUT2D eigenvalue weighted by molar-refractivity contribution is 6.00. The number of carbonyl (C=O) groups is 4. The lowest BCUT2D eigenvalue weighted by Gasteiger charge is -2.23. The molecule has 2 atom stereocenters. The SMILES string of the molecule is CC(C)C[C@H](NC(=O)c1ccccc1O)C(=O)N[C@@H](CC(N)=O)C(N)=O. The first kappa shape index (κ1) is 20.9. The molecule has 0 heterocycles. The van der Waals surface area contributed by atoms with Crippen molar-refractivity contribution in [1.82, 2.24) is 10.6 Å². The van der Waals surface area contributed by atoms with Crippen LogP contribution in [0.1, 0.15) is 37.0 Å². The third-order valence-electron chi connectivity index (χ3n) is 3.54. The minimum Gasteiger partial charge on any atom is -0.507 e. The molecule has 1 rings (SSSR count). The number of rotatable bonds is 9. The lowest BCUT2D eigenvalue weighted by molar-refractivity contribution is -0.130. The minimum atomic E-state index is -1.27. The zero-order chi connectivity index (χ0) is 19.9. The van der Waals surface area contributed by atoms with Crippen LogP contribution in [0.25, 0.3) is 0 Å². The van der Waals surface area contributed by atoms with Gasteiger partial charge >= 0.3 is 0 Å². The average molecular weight is 364 g/mol. The number of amides is 4. The van der Waals surface area contributed by atoms with E-state index in [2.05, 4.69) is 10.6 Å². The molecule has 142 valence electrons. The number of primary amides is 2. The molecule has 0 aliphatic heterocycles. The van der Waals surface area contributed by atoms with Crippen LogP contribution in [-0.2, 0) is 14.4 Å². The summed E-state index contributed by atoms with van der Waals surface area (Å²) >= 11 is 0. The van der Waals surface area contributed by atoms with Gasteiger partial charge in [-0.25, -0.2) is 0 Å². The van der Waals surface area contributed by atoms with Gasteiger partial charge in [0.2, 0.25) is 17.7 Å². The van der Waals surface area contributed by atoms with Crippen molar-refractivity contribution >= 4 is 23.6 Å². The van der Waals surface area contributed by atoms with Crippen molar-refractivity contribution in [3.05, 3.63) is 29.8 Å². The zero-order valence-corrected chi connectivity index (χ0v) is 14.7. The molecule has 7 N–H and O–H groups in total. The maximum Gasteiger partial charge on any atom is 0.255 e. The summed E-state index contributed by atoms with van der Waals surface area (Å²) in [7, 11) is 0. The average Bonchev–Trinajstić information content (AvgIpc) is 2.52. The maximum absolute atomic E-state index is 12.5. The number of aromatic hydroxyl groups is 1. The van der Waals surface area contributed by atoms with E-state index in [0.29, 0.717) is 0 Å². The second-order valence-electron chi connectivity index (χ2n) is 6.31. The fraction of sp³-hybridized carbons (Fsp3) is 0.412. The number of phenols is 1. The van der Waals surface area contributed by atoms with Gasteiger partial charge in [-0.2, -0.15) is 0 Å². The molecule has 0 saturated heterocycles. The zero-order valence-electron chi connectivity index (χ0n) is 14.7. The van der Waals surface area contributed by atoms with Crippen LogP contribution in [0, 0.1) is 5.92 Å². The van der Waals surface area contributed by atoms with Gasteiger partial charge in [0.15, 0.2) is 0 Å². The highest BCUT2D eigenvalue weighted by Crippen LogP contribution is 2.16. The monoisotopic (exact) mass is 364 g/mol. The fourth-order valence-electron chi connectivity index (χ4n) is 2.30. The molecule has 0 bridgehead atoms. The van der Waals surface area contributed by atoms with Crippen molar-refractivity contribution in [2.45, 2.75) is 38.8 Å². The van der Waals surface area contributed by atoms with Crippen molar-refractivity contribution in [2.75, 3.05) is 0 Å². The summed E-state index contributed by atoms with van der Waals surface area (Å²) in [5, 5.41) is 14.6. The van der Waals surface area contributed by atoms with Crippen molar-refractivity contribution in [1.29, 1.82) is 0 Å². The Balaban J connectivity index is 2.92. The second kappa shape index (κ2) is 9.40. The number of para-hydroxylation sites is 1. The number of hydrogen-bond donors (Lipinski definition) is 5. The third-order valence-corrected chi connectivity index (χ3v) is 3.54. The Morgan fingerprint density at radius 3 is 2.15 bits per heavy atom. The Labute approximate surface area is 151 Å². The quantitative estimate of drug-likeness (QED) is 0.393. The summed E-state index contributed by atoms with van der Waals surface area (Å²) < 4.78 is 0. The van der Waals surface area contributed by atoms with E-state index in [9.17, 15) is 24.3 Å². The van der Waals surface area contributed by atoms with Gasteiger partial charge in [0.1, 0.15) is 17.8 Å². The van der Waals surface area contributed by atoms with E-state index in [-0.39, 0.29) is 23.7 Å². The largest absolute Gasteiger partial charge is 0.507 e. The second-order valence-corrected chi connectivity index (χ2v) is 6.31. The normalized spacial score (nSPS) is 12.9. The number of nitrogens with two attached hydrogens (primary N) is 2. The van der Waals surface area contributed by atoms with Crippen molar-refractivity contribution in [3.63, 3.8) is 0 Å². The van der Waals surface area contributed by atoms with E-state index >= 15 is 0 Å². The van der Waals surface area contributed by atoms with Crippen LogP contribution in [0.5, 0.6) is 5.75 Å². The molecule has 1 aromatic rings. The summed E-state index contributed by atoms with van der Waals surface area (Å²) in [5.41, 5.74) is 10.2. The van der Waals surface area contributed by atoms with E-state index in [1.165, 1.54) is 12.1 Å². The molecule has 0 spiro atoms. The van der Waals surface area contributed by atoms with Gasteiger partial charge in [0.25, 0.3) is 5.91 Å². The number of carbonyl (C=O) groups excluding carboxylic acids is 4. The minimum absolute atomic E-state index is 0.0117. The van der Waals surface area contributed by atoms with Gasteiger partial charge in [0.05, 0.1) is 12.0 Å². The first-order chi connectivity index (χ1) is 12.1. The van der Waals surface area contributed by atoms with Crippen LogP contribution in [0.15, 0.2) is 24.3 Å². The predicted octanol–water partition coefficient (Wildman–Crippen LogP) is -0.618. The third kappa shape index (κ3) is 6.42. The van der Waals surface area contributed by atoms with Gasteiger partial charge in [-0.15, -0.1) is 0 Å². The van der Waals surface area contributed by atoms with Crippen molar-refractivity contribution in [2.24, 2.45) is 17.4 Å². The Morgan fingerprint density at radius 1 is 1.04 bits per heavy atom.